The fourth-order valence-corrected chi connectivity index (χ4v) is 2.94. The molecule has 2 aromatic rings. The maximum atomic E-state index is 11.8. The Kier molecular flexibility index (Phi) is 4.55. The summed E-state index contributed by atoms with van der Waals surface area (Å²) in [5.74, 6) is -0.0832. The highest BCUT2D eigenvalue weighted by atomic mass is 79.9. The molecular formula is C15H18BrN3O2. The fraction of sp³-hybridized carbons (Fsp3) is 0.467. The molecular weight excluding hydrogens is 334 g/mol. The maximum Gasteiger partial charge on any atom is 0.246 e. The second-order valence-corrected chi connectivity index (χ2v) is 6.25. The van der Waals surface area contributed by atoms with Gasteiger partial charge < -0.3 is 14.5 Å². The third-order valence-electron chi connectivity index (χ3n) is 3.68. The van der Waals surface area contributed by atoms with E-state index in [1.165, 1.54) is 12.8 Å². The lowest BCUT2D eigenvalue weighted by Gasteiger charge is -2.10. The molecule has 6 heteroatoms. The lowest BCUT2D eigenvalue weighted by molar-refractivity contribution is -0.127. The molecule has 3 rings (SSSR count). The minimum atomic E-state index is -0.0832. The van der Waals surface area contributed by atoms with E-state index in [0.717, 1.165) is 28.7 Å². The van der Waals surface area contributed by atoms with Crippen molar-refractivity contribution in [3.63, 3.8) is 0 Å². The second-order valence-electron chi connectivity index (χ2n) is 5.34. The van der Waals surface area contributed by atoms with E-state index < -0.39 is 0 Å². The molecule has 0 atom stereocenters. The molecule has 1 aliphatic carbocycles. The van der Waals surface area contributed by atoms with Gasteiger partial charge >= 0.3 is 0 Å². The van der Waals surface area contributed by atoms with Crippen LogP contribution in [-0.4, -0.2) is 28.0 Å². The molecule has 1 saturated carbocycles. The van der Waals surface area contributed by atoms with Crippen molar-refractivity contribution in [2.75, 3.05) is 6.61 Å². The number of carbonyl (C=O) groups excluding carboxylic acids is 1. The highest BCUT2D eigenvalue weighted by Gasteiger charge is 2.16. The van der Waals surface area contributed by atoms with Crippen LogP contribution in [0.15, 0.2) is 29.0 Å². The van der Waals surface area contributed by atoms with Gasteiger partial charge in [0.2, 0.25) is 5.91 Å². The lowest BCUT2D eigenvalue weighted by Crippen LogP contribution is -2.29. The Morgan fingerprint density at radius 1 is 1.38 bits per heavy atom. The Bertz CT molecular complexity index is 635. The smallest absolute Gasteiger partial charge is 0.246 e. The van der Waals surface area contributed by atoms with Gasteiger partial charge in [-0.3, -0.25) is 4.79 Å². The molecule has 2 heterocycles. The van der Waals surface area contributed by atoms with Crippen LogP contribution in [0, 0.1) is 0 Å². The van der Waals surface area contributed by atoms with Crippen molar-refractivity contribution < 1.29 is 9.53 Å². The number of halogens is 1. The van der Waals surface area contributed by atoms with Gasteiger partial charge in [-0.05, 0) is 40.9 Å². The van der Waals surface area contributed by atoms with Gasteiger partial charge in [0, 0.05) is 16.9 Å². The van der Waals surface area contributed by atoms with Gasteiger partial charge in [-0.25, -0.2) is 4.98 Å². The Morgan fingerprint density at radius 3 is 3.00 bits per heavy atom. The van der Waals surface area contributed by atoms with Crippen molar-refractivity contribution >= 4 is 27.5 Å². The minimum Gasteiger partial charge on any atom is -0.368 e. The first-order valence-electron chi connectivity index (χ1n) is 7.22. The van der Waals surface area contributed by atoms with Gasteiger partial charge in [0.25, 0.3) is 0 Å². The van der Waals surface area contributed by atoms with Crippen LogP contribution in [-0.2, 0) is 16.1 Å². The van der Waals surface area contributed by atoms with Crippen LogP contribution in [0.3, 0.4) is 0 Å². The van der Waals surface area contributed by atoms with Gasteiger partial charge in [0.05, 0.1) is 18.3 Å². The van der Waals surface area contributed by atoms with E-state index in [1.54, 1.807) is 0 Å². The van der Waals surface area contributed by atoms with Crippen LogP contribution in [0.5, 0.6) is 0 Å². The summed E-state index contributed by atoms with van der Waals surface area (Å²) in [6.45, 7) is 0.565. The zero-order valence-corrected chi connectivity index (χ0v) is 13.3. The molecule has 1 aliphatic rings. The quantitative estimate of drug-likeness (QED) is 0.900. The number of nitrogens with zero attached hydrogens (tertiary/aromatic N) is 2. The van der Waals surface area contributed by atoms with E-state index in [1.807, 2.05) is 28.9 Å². The van der Waals surface area contributed by atoms with Gasteiger partial charge in [-0.15, -0.1) is 0 Å². The van der Waals surface area contributed by atoms with E-state index in [2.05, 4.69) is 26.2 Å². The molecule has 0 radical (unpaired) electrons. The third-order valence-corrected chi connectivity index (χ3v) is 4.15. The predicted octanol–water partition coefficient (Wildman–Crippen LogP) is 2.67. The van der Waals surface area contributed by atoms with E-state index in [0.29, 0.717) is 6.54 Å². The summed E-state index contributed by atoms with van der Waals surface area (Å²) in [5.41, 5.74) is 1.70. The number of carbonyl (C=O) groups is 1. The summed E-state index contributed by atoms with van der Waals surface area (Å²) < 4.78 is 8.51. The number of ether oxygens (including phenoxy) is 1. The number of rotatable bonds is 5. The molecule has 0 bridgehead atoms. The number of aromatic nitrogens is 2. The van der Waals surface area contributed by atoms with Gasteiger partial charge in [0.1, 0.15) is 12.3 Å². The largest absolute Gasteiger partial charge is 0.368 e. The molecule has 1 amide bonds. The SMILES string of the molecule is O=C(COC1CCCC1)NCc1cn2cc(Br)ccc2n1. The standard InChI is InChI=1S/C15H18BrN3O2/c16-11-5-6-14-18-12(9-19(14)8-11)7-17-15(20)10-21-13-3-1-2-4-13/h5-6,8-9,13H,1-4,7,10H2,(H,17,20). The van der Waals surface area contributed by atoms with Crippen LogP contribution in [0.2, 0.25) is 0 Å². The number of hydrogen-bond acceptors (Lipinski definition) is 3. The van der Waals surface area contributed by atoms with Crippen molar-refractivity contribution in [2.24, 2.45) is 0 Å². The molecule has 112 valence electrons. The van der Waals surface area contributed by atoms with Gasteiger partial charge in [-0.2, -0.15) is 0 Å². The molecule has 0 saturated heterocycles. The molecule has 5 nitrogen and oxygen atoms in total. The first-order chi connectivity index (χ1) is 10.2. The summed E-state index contributed by atoms with van der Waals surface area (Å²) in [5, 5.41) is 2.85. The molecule has 0 aliphatic heterocycles. The van der Waals surface area contributed by atoms with Gasteiger partial charge in [0.15, 0.2) is 0 Å². The fourth-order valence-electron chi connectivity index (χ4n) is 2.59. The van der Waals surface area contributed by atoms with E-state index in [4.69, 9.17) is 4.74 Å². The monoisotopic (exact) mass is 351 g/mol. The highest BCUT2D eigenvalue weighted by Crippen LogP contribution is 2.20. The molecule has 1 N–H and O–H groups in total. The van der Waals surface area contributed by atoms with Crippen molar-refractivity contribution in [1.29, 1.82) is 0 Å². The first-order valence-corrected chi connectivity index (χ1v) is 8.01. The summed E-state index contributed by atoms with van der Waals surface area (Å²) >= 11 is 3.42. The van der Waals surface area contributed by atoms with Crippen molar-refractivity contribution in [2.45, 2.75) is 38.3 Å². The average molecular weight is 352 g/mol. The van der Waals surface area contributed by atoms with Crippen LogP contribution < -0.4 is 5.32 Å². The topological polar surface area (TPSA) is 55.6 Å². The highest BCUT2D eigenvalue weighted by molar-refractivity contribution is 9.10. The summed E-state index contributed by atoms with van der Waals surface area (Å²) in [6.07, 6.45) is 8.70. The molecule has 2 aromatic heterocycles. The second kappa shape index (κ2) is 6.58. The van der Waals surface area contributed by atoms with Crippen LogP contribution in [0.1, 0.15) is 31.4 Å². The van der Waals surface area contributed by atoms with Crippen molar-refractivity contribution in [3.05, 3.63) is 34.7 Å². The van der Waals surface area contributed by atoms with Crippen LogP contribution >= 0.6 is 15.9 Å². The number of nitrogens with one attached hydrogen (secondary N) is 1. The number of imidazole rings is 1. The Hall–Kier alpha value is -1.40. The Labute approximate surface area is 131 Å². The lowest BCUT2D eigenvalue weighted by atomic mass is 10.3. The van der Waals surface area contributed by atoms with Crippen molar-refractivity contribution in [3.8, 4) is 0 Å². The normalized spacial score (nSPS) is 15.7. The van der Waals surface area contributed by atoms with Crippen molar-refractivity contribution in [1.82, 2.24) is 14.7 Å². The predicted molar refractivity (Wildman–Crippen MR) is 82.9 cm³/mol. The molecule has 1 fully saturated rings. The summed E-state index contributed by atoms with van der Waals surface area (Å²) in [7, 11) is 0. The number of hydrogen-bond donors (Lipinski definition) is 1. The zero-order chi connectivity index (χ0) is 14.7. The van der Waals surface area contributed by atoms with Crippen LogP contribution in [0.4, 0.5) is 0 Å². The zero-order valence-electron chi connectivity index (χ0n) is 11.7. The maximum absolute atomic E-state index is 11.8. The molecule has 0 aromatic carbocycles. The third kappa shape index (κ3) is 3.83. The average Bonchev–Trinajstić information content (AvgIpc) is 3.11. The van der Waals surface area contributed by atoms with E-state index in [-0.39, 0.29) is 18.6 Å². The number of pyridine rings is 1. The molecule has 0 unspecified atom stereocenters. The molecule has 0 spiro atoms. The number of fused-ring (bicyclic) bond motifs is 1. The van der Waals surface area contributed by atoms with Crippen LogP contribution in [0.25, 0.3) is 5.65 Å². The Morgan fingerprint density at radius 2 is 2.19 bits per heavy atom. The minimum absolute atomic E-state index is 0.0832. The summed E-state index contributed by atoms with van der Waals surface area (Å²) in [4.78, 5) is 16.2. The molecule has 21 heavy (non-hydrogen) atoms. The number of amides is 1. The summed E-state index contributed by atoms with van der Waals surface area (Å²) in [6, 6.07) is 3.87. The first kappa shape index (κ1) is 14.5. The van der Waals surface area contributed by atoms with E-state index >= 15 is 0 Å². The Balaban J connectivity index is 1.49. The van der Waals surface area contributed by atoms with Gasteiger partial charge in [-0.1, -0.05) is 12.8 Å². The van der Waals surface area contributed by atoms with E-state index in [9.17, 15) is 4.79 Å².